The van der Waals surface area contributed by atoms with Crippen LogP contribution in [0.1, 0.15) is 93.6 Å². The molecule has 0 unspecified atom stereocenters. The van der Waals surface area contributed by atoms with Gasteiger partial charge in [-0.3, -0.25) is 0 Å². The number of carboxylic acids is 1. The van der Waals surface area contributed by atoms with E-state index in [1.54, 1.807) is 6.07 Å². The van der Waals surface area contributed by atoms with Crippen molar-refractivity contribution in [2.45, 2.75) is 84.0 Å². The van der Waals surface area contributed by atoms with Crippen LogP contribution in [0.4, 0.5) is 5.69 Å². The highest BCUT2D eigenvalue weighted by Gasteiger charge is 2.05. The van der Waals surface area contributed by atoms with Gasteiger partial charge in [-0.05, 0) is 25.3 Å². The van der Waals surface area contributed by atoms with Gasteiger partial charge in [-0.2, -0.15) is 0 Å². The molecule has 4 heteroatoms. The second-order valence-electron chi connectivity index (χ2n) is 6.47. The van der Waals surface area contributed by atoms with Gasteiger partial charge in [0.1, 0.15) is 4.88 Å². The molecule has 0 aliphatic carbocycles. The Morgan fingerprint density at radius 3 is 2.20 bits per heavy atom. The van der Waals surface area contributed by atoms with Crippen LogP contribution in [-0.2, 0) is 0 Å². The van der Waals surface area contributed by atoms with Gasteiger partial charge < -0.3 is 10.4 Å². The average Bonchev–Trinajstić information content (AvgIpc) is 3.07. The molecule has 25 heavy (non-hydrogen) atoms. The quantitative estimate of drug-likeness (QED) is 0.290. The van der Waals surface area contributed by atoms with E-state index in [1.807, 2.05) is 5.38 Å². The van der Waals surface area contributed by atoms with E-state index in [9.17, 15) is 4.79 Å². The van der Waals surface area contributed by atoms with Crippen LogP contribution < -0.4 is 5.32 Å². The molecule has 0 spiro atoms. The van der Waals surface area contributed by atoms with E-state index in [-0.39, 0.29) is 0 Å². The molecule has 0 fully saturated rings. The summed E-state index contributed by atoms with van der Waals surface area (Å²) in [5.41, 5.74) is 0.931. The van der Waals surface area contributed by atoms with E-state index in [0.29, 0.717) is 4.88 Å². The highest BCUT2D eigenvalue weighted by atomic mass is 32.1. The van der Waals surface area contributed by atoms with E-state index in [0.717, 1.165) is 31.5 Å². The van der Waals surface area contributed by atoms with Crippen molar-refractivity contribution >= 4 is 23.0 Å². The van der Waals surface area contributed by atoms with Crippen LogP contribution in [0.3, 0.4) is 0 Å². The van der Waals surface area contributed by atoms with Crippen molar-refractivity contribution in [3.8, 4) is 11.8 Å². The minimum atomic E-state index is -0.846. The molecular weight excluding hydrogens is 330 g/mol. The number of rotatable bonds is 14. The fourth-order valence-corrected chi connectivity index (χ4v) is 3.32. The summed E-state index contributed by atoms with van der Waals surface area (Å²) in [4.78, 5) is 11.2. The van der Waals surface area contributed by atoms with Crippen molar-refractivity contribution in [2.75, 3.05) is 11.9 Å². The van der Waals surface area contributed by atoms with Crippen LogP contribution in [0, 0.1) is 11.8 Å². The van der Waals surface area contributed by atoms with Gasteiger partial charge in [-0.15, -0.1) is 23.2 Å². The summed E-state index contributed by atoms with van der Waals surface area (Å²) in [5.74, 6) is 5.68. The van der Waals surface area contributed by atoms with Gasteiger partial charge in [0.05, 0.1) is 0 Å². The monoisotopic (exact) mass is 363 g/mol. The average molecular weight is 364 g/mol. The van der Waals surface area contributed by atoms with Crippen molar-refractivity contribution in [3.63, 3.8) is 0 Å². The second-order valence-corrected chi connectivity index (χ2v) is 7.38. The molecule has 0 saturated heterocycles. The van der Waals surface area contributed by atoms with E-state index in [1.165, 1.54) is 69.1 Å². The molecule has 0 atom stereocenters. The zero-order valence-corrected chi connectivity index (χ0v) is 16.4. The van der Waals surface area contributed by atoms with Crippen LogP contribution in [0.25, 0.3) is 0 Å². The van der Waals surface area contributed by atoms with Gasteiger partial charge in [0.2, 0.25) is 0 Å². The summed E-state index contributed by atoms with van der Waals surface area (Å²) >= 11 is 1.27. The fourth-order valence-electron chi connectivity index (χ4n) is 2.61. The third-order valence-electron chi connectivity index (χ3n) is 4.15. The summed E-state index contributed by atoms with van der Waals surface area (Å²) in [6.45, 7) is 3.13. The standard InChI is InChI=1S/C21H33NO2S/c1-2-3-4-5-6-7-8-9-10-11-12-13-14-15-16-22-19-17-20(21(23)24)25-18-19/h17-18,22H,2-4,7-16H2,1H3,(H,23,24). The smallest absolute Gasteiger partial charge is 0.345 e. The number of carboxylic acid groups (broad SMARTS) is 1. The maximum Gasteiger partial charge on any atom is 0.345 e. The van der Waals surface area contributed by atoms with Gasteiger partial charge in [0.25, 0.3) is 0 Å². The van der Waals surface area contributed by atoms with Crippen molar-refractivity contribution in [1.82, 2.24) is 0 Å². The third-order valence-corrected chi connectivity index (χ3v) is 5.07. The number of hydrogen-bond acceptors (Lipinski definition) is 3. The summed E-state index contributed by atoms with van der Waals surface area (Å²) in [6.07, 6.45) is 14.9. The van der Waals surface area contributed by atoms with E-state index >= 15 is 0 Å². The molecule has 3 nitrogen and oxygen atoms in total. The number of aromatic carboxylic acids is 1. The molecule has 0 aliphatic rings. The highest BCUT2D eigenvalue weighted by Crippen LogP contribution is 2.19. The Morgan fingerprint density at radius 2 is 1.60 bits per heavy atom. The lowest BCUT2D eigenvalue weighted by molar-refractivity contribution is 0.0702. The molecule has 0 radical (unpaired) electrons. The van der Waals surface area contributed by atoms with Crippen LogP contribution >= 0.6 is 11.3 Å². The molecule has 2 N–H and O–H groups in total. The lowest BCUT2D eigenvalue weighted by Crippen LogP contribution is -2.00. The lowest BCUT2D eigenvalue weighted by Gasteiger charge is -2.04. The molecule has 0 bridgehead atoms. The summed E-state index contributed by atoms with van der Waals surface area (Å²) in [5, 5.41) is 14.0. The molecule has 1 aromatic rings. The van der Waals surface area contributed by atoms with Gasteiger partial charge in [-0.1, -0.05) is 51.9 Å². The van der Waals surface area contributed by atoms with Gasteiger partial charge in [-0.25, -0.2) is 4.79 Å². The summed E-state index contributed by atoms with van der Waals surface area (Å²) in [7, 11) is 0. The molecule has 0 aromatic carbocycles. The Morgan fingerprint density at radius 1 is 1.00 bits per heavy atom. The molecule has 1 rings (SSSR count). The molecule has 0 amide bonds. The first-order valence-electron chi connectivity index (χ1n) is 9.75. The number of anilines is 1. The van der Waals surface area contributed by atoms with Crippen molar-refractivity contribution in [2.24, 2.45) is 0 Å². The first-order valence-corrected chi connectivity index (χ1v) is 10.6. The predicted molar refractivity (Wildman–Crippen MR) is 109 cm³/mol. The van der Waals surface area contributed by atoms with Crippen molar-refractivity contribution < 1.29 is 9.90 Å². The van der Waals surface area contributed by atoms with Crippen LogP contribution in [-0.4, -0.2) is 17.6 Å². The molecule has 1 heterocycles. The normalized spacial score (nSPS) is 10.3. The summed E-state index contributed by atoms with van der Waals surface area (Å²) < 4.78 is 0. The van der Waals surface area contributed by atoms with Crippen LogP contribution in [0.2, 0.25) is 0 Å². The Labute approximate surface area is 157 Å². The Balaban J connectivity index is 1.84. The number of carbonyl (C=O) groups is 1. The Kier molecular flexibility index (Phi) is 12.8. The maximum atomic E-state index is 10.8. The van der Waals surface area contributed by atoms with Crippen molar-refractivity contribution in [1.29, 1.82) is 0 Å². The molecule has 140 valence electrons. The van der Waals surface area contributed by atoms with Gasteiger partial charge >= 0.3 is 5.97 Å². The van der Waals surface area contributed by atoms with E-state index < -0.39 is 5.97 Å². The Bertz CT molecular complexity index is 527. The number of hydrogen-bond donors (Lipinski definition) is 2. The molecule has 0 aliphatic heterocycles. The minimum Gasteiger partial charge on any atom is -0.477 e. The Hall–Kier alpha value is -1.47. The zero-order valence-electron chi connectivity index (χ0n) is 15.6. The zero-order chi connectivity index (χ0) is 18.2. The first kappa shape index (κ1) is 21.6. The number of thiophene rings is 1. The third kappa shape index (κ3) is 11.7. The van der Waals surface area contributed by atoms with Gasteiger partial charge in [0, 0.05) is 30.5 Å². The minimum absolute atomic E-state index is 0.398. The largest absolute Gasteiger partial charge is 0.477 e. The molecule has 1 aromatic heterocycles. The first-order chi connectivity index (χ1) is 12.2. The predicted octanol–water partition coefficient (Wildman–Crippen LogP) is 6.56. The lowest BCUT2D eigenvalue weighted by atomic mass is 10.1. The van der Waals surface area contributed by atoms with Gasteiger partial charge in [0.15, 0.2) is 0 Å². The topological polar surface area (TPSA) is 49.3 Å². The van der Waals surface area contributed by atoms with Crippen molar-refractivity contribution in [3.05, 3.63) is 16.3 Å². The SMILES string of the molecule is CCCCC#CCCCCCCCCCCNc1csc(C(=O)O)c1. The molecular formula is C21H33NO2S. The number of nitrogens with one attached hydrogen (secondary N) is 1. The summed E-state index contributed by atoms with van der Waals surface area (Å²) in [6, 6.07) is 1.71. The van der Waals surface area contributed by atoms with E-state index in [2.05, 4.69) is 24.1 Å². The second kappa shape index (κ2) is 14.8. The number of unbranched alkanes of at least 4 members (excludes halogenated alkanes) is 10. The fraction of sp³-hybridized carbons (Fsp3) is 0.667. The van der Waals surface area contributed by atoms with Crippen LogP contribution in [0.15, 0.2) is 11.4 Å². The molecule has 0 saturated carbocycles. The highest BCUT2D eigenvalue weighted by molar-refractivity contribution is 7.12. The van der Waals surface area contributed by atoms with Crippen LogP contribution in [0.5, 0.6) is 0 Å². The van der Waals surface area contributed by atoms with E-state index in [4.69, 9.17) is 5.11 Å². The maximum absolute atomic E-state index is 10.8.